The lowest BCUT2D eigenvalue weighted by molar-refractivity contribution is -0.126. The topological polar surface area (TPSA) is 62.7 Å². The molecular formula is C9H12Cl2N4OS. The van der Waals surface area contributed by atoms with Crippen molar-refractivity contribution in [2.45, 2.75) is 24.2 Å². The van der Waals surface area contributed by atoms with Crippen LogP contribution in [0.5, 0.6) is 0 Å². The third-order valence-electron chi connectivity index (χ3n) is 3.14. The molecule has 2 rings (SSSR count). The van der Waals surface area contributed by atoms with Crippen molar-refractivity contribution in [3.05, 3.63) is 10.6 Å². The number of rotatable bonds is 3. The summed E-state index contributed by atoms with van der Waals surface area (Å²) in [6.45, 7) is 2.04. The van der Waals surface area contributed by atoms with Crippen LogP contribution < -0.4 is 5.32 Å². The quantitative estimate of drug-likeness (QED) is 0.659. The number of carbonyl (C=O) groups excluding carboxylic acids is 1. The van der Waals surface area contributed by atoms with E-state index in [1.54, 1.807) is 18.5 Å². The minimum atomic E-state index is -0.950. The lowest BCUT2D eigenvalue weighted by Gasteiger charge is -2.11. The normalized spacial score (nSPS) is 25.6. The van der Waals surface area contributed by atoms with Gasteiger partial charge in [-0.2, -0.15) is 5.10 Å². The molecule has 1 aromatic rings. The van der Waals surface area contributed by atoms with E-state index in [2.05, 4.69) is 15.5 Å². The van der Waals surface area contributed by atoms with E-state index < -0.39 is 9.75 Å². The number of aromatic nitrogens is 3. The number of carbonyl (C=O) groups is 1. The Balaban J connectivity index is 1.99. The van der Waals surface area contributed by atoms with Crippen LogP contribution in [0.3, 0.4) is 0 Å². The molecule has 1 atom stereocenters. The molecule has 1 amide bonds. The zero-order valence-corrected chi connectivity index (χ0v) is 11.7. The summed E-state index contributed by atoms with van der Waals surface area (Å²) in [6.07, 6.45) is 0.466. The zero-order chi connectivity index (χ0) is 12.8. The number of alkyl halides is 2. The Morgan fingerprint density at radius 3 is 2.71 bits per heavy atom. The molecule has 2 N–H and O–H groups in total. The maximum atomic E-state index is 11.9. The Labute approximate surface area is 113 Å². The maximum absolute atomic E-state index is 11.9. The SMILES string of the molecule is Cn1c(CNC(=O)C2(C)CC2(Cl)Cl)n[nH]c1=S. The Kier molecular flexibility index (Phi) is 3.00. The van der Waals surface area contributed by atoms with Crippen molar-refractivity contribution in [2.24, 2.45) is 12.5 Å². The third-order valence-corrected chi connectivity index (χ3v) is 4.61. The molecule has 1 aliphatic carbocycles. The van der Waals surface area contributed by atoms with Gasteiger partial charge >= 0.3 is 0 Å². The molecule has 1 fully saturated rings. The fourth-order valence-electron chi connectivity index (χ4n) is 1.54. The van der Waals surface area contributed by atoms with Crippen molar-refractivity contribution in [1.82, 2.24) is 20.1 Å². The van der Waals surface area contributed by atoms with E-state index in [9.17, 15) is 4.79 Å². The molecule has 0 radical (unpaired) electrons. The molecule has 1 aliphatic rings. The lowest BCUT2D eigenvalue weighted by Crippen LogP contribution is -2.33. The number of nitrogens with one attached hydrogen (secondary N) is 2. The standard InChI is InChI=1S/C9H12Cl2N4OS/c1-8(4-9(8,10)11)6(16)12-3-5-13-14-7(17)15(5)2/h3-4H2,1-2H3,(H,12,16)(H,14,17). The van der Waals surface area contributed by atoms with Crippen LogP contribution in [-0.2, 0) is 18.4 Å². The van der Waals surface area contributed by atoms with Gasteiger partial charge in [0, 0.05) is 7.05 Å². The molecule has 1 aromatic heterocycles. The van der Waals surface area contributed by atoms with Crippen molar-refractivity contribution >= 4 is 41.3 Å². The van der Waals surface area contributed by atoms with Gasteiger partial charge in [-0.25, -0.2) is 0 Å². The number of H-pyrrole nitrogens is 1. The van der Waals surface area contributed by atoms with Gasteiger partial charge in [-0.05, 0) is 25.6 Å². The summed E-state index contributed by atoms with van der Waals surface area (Å²) < 4.78 is 1.25. The third kappa shape index (κ3) is 2.09. The summed E-state index contributed by atoms with van der Waals surface area (Å²) >= 11 is 16.8. The highest BCUT2D eigenvalue weighted by atomic mass is 35.5. The van der Waals surface area contributed by atoms with E-state index in [0.29, 0.717) is 23.6 Å². The van der Waals surface area contributed by atoms with Crippen molar-refractivity contribution in [3.8, 4) is 0 Å². The van der Waals surface area contributed by atoms with Gasteiger partial charge in [0.1, 0.15) is 4.33 Å². The molecule has 0 spiro atoms. The minimum absolute atomic E-state index is 0.170. The van der Waals surface area contributed by atoms with Crippen molar-refractivity contribution in [3.63, 3.8) is 0 Å². The lowest BCUT2D eigenvalue weighted by atomic mass is 10.1. The van der Waals surface area contributed by atoms with Gasteiger partial charge < -0.3 is 9.88 Å². The van der Waals surface area contributed by atoms with Crippen LogP contribution in [0.1, 0.15) is 19.2 Å². The molecule has 1 unspecified atom stereocenters. The zero-order valence-electron chi connectivity index (χ0n) is 9.38. The average Bonchev–Trinajstić information content (AvgIpc) is 2.60. The van der Waals surface area contributed by atoms with E-state index in [-0.39, 0.29) is 5.91 Å². The summed E-state index contributed by atoms with van der Waals surface area (Å²) in [5.74, 6) is 0.485. The molecule has 94 valence electrons. The highest BCUT2D eigenvalue weighted by Gasteiger charge is 2.67. The Morgan fingerprint density at radius 2 is 2.29 bits per heavy atom. The van der Waals surface area contributed by atoms with Crippen LogP contribution >= 0.6 is 35.4 Å². The second-order valence-corrected chi connectivity index (χ2v) is 6.27. The molecule has 0 saturated heterocycles. The molecule has 8 heteroatoms. The van der Waals surface area contributed by atoms with Gasteiger partial charge in [0.2, 0.25) is 5.91 Å². The summed E-state index contributed by atoms with van der Waals surface area (Å²) in [4.78, 5) is 11.9. The van der Waals surface area contributed by atoms with E-state index in [0.717, 1.165) is 0 Å². The van der Waals surface area contributed by atoms with Gasteiger partial charge in [0.25, 0.3) is 0 Å². The predicted octanol–water partition coefficient (Wildman–Crippen LogP) is 1.68. The molecule has 0 bridgehead atoms. The van der Waals surface area contributed by atoms with Crippen LogP contribution in [0.15, 0.2) is 0 Å². The monoisotopic (exact) mass is 294 g/mol. The van der Waals surface area contributed by atoms with Crippen LogP contribution in [0, 0.1) is 10.2 Å². The average molecular weight is 295 g/mol. The number of halogens is 2. The number of aromatic amines is 1. The van der Waals surface area contributed by atoms with Gasteiger partial charge in [0.05, 0.1) is 12.0 Å². The molecular weight excluding hydrogens is 283 g/mol. The maximum Gasteiger partial charge on any atom is 0.229 e. The van der Waals surface area contributed by atoms with Gasteiger partial charge in [-0.15, -0.1) is 23.2 Å². The Bertz CT molecular complexity index is 523. The first kappa shape index (κ1) is 12.9. The molecule has 1 saturated carbocycles. The first-order valence-electron chi connectivity index (χ1n) is 5.04. The first-order valence-corrected chi connectivity index (χ1v) is 6.21. The first-order chi connectivity index (χ1) is 7.78. The summed E-state index contributed by atoms with van der Waals surface area (Å²) in [6, 6.07) is 0. The largest absolute Gasteiger partial charge is 0.348 e. The van der Waals surface area contributed by atoms with Gasteiger partial charge in [-0.1, -0.05) is 0 Å². The summed E-state index contributed by atoms with van der Waals surface area (Å²) in [5.41, 5.74) is -0.707. The van der Waals surface area contributed by atoms with Crippen molar-refractivity contribution in [1.29, 1.82) is 0 Å². The Hall–Kier alpha value is -0.590. The van der Waals surface area contributed by atoms with Crippen LogP contribution in [-0.4, -0.2) is 25.0 Å². The number of hydrogen-bond donors (Lipinski definition) is 2. The summed E-state index contributed by atoms with van der Waals surface area (Å²) in [5, 5.41) is 9.39. The Morgan fingerprint density at radius 1 is 1.71 bits per heavy atom. The van der Waals surface area contributed by atoms with Crippen molar-refractivity contribution < 1.29 is 4.79 Å². The van der Waals surface area contributed by atoms with Crippen molar-refractivity contribution in [2.75, 3.05) is 0 Å². The number of nitrogens with zero attached hydrogens (tertiary/aromatic N) is 2. The fourth-order valence-corrected chi connectivity index (χ4v) is 2.40. The molecule has 1 heterocycles. The number of hydrogen-bond acceptors (Lipinski definition) is 3. The van der Waals surface area contributed by atoms with Crippen LogP contribution in [0.25, 0.3) is 0 Å². The van der Waals surface area contributed by atoms with Crippen LogP contribution in [0.2, 0.25) is 0 Å². The molecule has 0 aromatic carbocycles. The molecule has 5 nitrogen and oxygen atoms in total. The fraction of sp³-hybridized carbons (Fsp3) is 0.667. The van der Waals surface area contributed by atoms with E-state index in [1.807, 2.05) is 0 Å². The van der Waals surface area contributed by atoms with Gasteiger partial charge in [0.15, 0.2) is 10.6 Å². The van der Waals surface area contributed by atoms with E-state index in [4.69, 9.17) is 35.4 Å². The smallest absolute Gasteiger partial charge is 0.229 e. The number of amides is 1. The van der Waals surface area contributed by atoms with E-state index in [1.165, 1.54) is 0 Å². The molecule has 0 aliphatic heterocycles. The summed E-state index contributed by atoms with van der Waals surface area (Å²) in [7, 11) is 1.78. The van der Waals surface area contributed by atoms with Crippen LogP contribution in [0.4, 0.5) is 0 Å². The highest BCUT2D eigenvalue weighted by Crippen LogP contribution is 2.63. The van der Waals surface area contributed by atoms with Gasteiger partial charge in [-0.3, -0.25) is 9.89 Å². The second kappa shape index (κ2) is 3.96. The molecule has 17 heavy (non-hydrogen) atoms. The van der Waals surface area contributed by atoms with E-state index >= 15 is 0 Å². The minimum Gasteiger partial charge on any atom is -0.348 e. The predicted molar refractivity (Wildman–Crippen MR) is 67.4 cm³/mol. The second-order valence-electron chi connectivity index (χ2n) is 4.40. The highest BCUT2D eigenvalue weighted by molar-refractivity contribution is 7.71.